The maximum Gasteiger partial charge on any atom is 0.254 e. The van der Waals surface area contributed by atoms with Crippen LogP contribution in [-0.2, 0) is 13.0 Å². The normalized spacial score (nSPS) is 10.4. The van der Waals surface area contributed by atoms with Crippen LogP contribution < -0.4 is 14.2 Å². The fraction of sp³-hybridized carbons (Fsp3) is 0.240. The van der Waals surface area contributed by atoms with Crippen LogP contribution in [-0.4, -0.2) is 38.7 Å². The number of rotatable bonds is 9. The molecule has 0 saturated heterocycles. The monoisotopic (exact) mass is 405 g/mol. The standard InChI is InChI=1S/C25H27NO4/c1-28-22-16-21(17-23(29-2)24(22)30-3)25(27)26(18-20-12-8-5-9-13-20)15-14-19-10-6-4-7-11-19/h4-13,16-17H,14-15,18H2,1-3H3. The maximum absolute atomic E-state index is 13.5. The van der Waals surface area contributed by atoms with Crippen molar-refractivity contribution in [2.45, 2.75) is 13.0 Å². The molecule has 0 N–H and O–H groups in total. The Morgan fingerprint density at radius 1 is 0.767 bits per heavy atom. The van der Waals surface area contributed by atoms with Gasteiger partial charge in [-0.05, 0) is 29.7 Å². The molecule has 0 atom stereocenters. The molecule has 5 heteroatoms. The van der Waals surface area contributed by atoms with Crippen molar-refractivity contribution in [2.75, 3.05) is 27.9 Å². The highest BCUT2D eigenvalue weighted by atomic mass is 16.5. The molecule has 3 aromatic carbocycles. The van der Waals surface area contributed by atoms with Gasteiger partial charge in [0, 0.05) is 18.7 Å². The summed E-state index contributed by atoms with van der Waals surface area (Å²) in [6.45, 7) is 1.11. The van der Waals surface area contributed by atoms with Crippen LogP contribution in [0, 0.1) is 0 Å². The number of carbonyl (C=O) groups excluding carboxylic acids is 1. The van der Waals surface area contributed by atoms with E-state index >= 15 is 0 Å². The summed E-state index contributed by atoms with van der Waals surface area (Å²) in [5.41, 5.74) is 2.76. The summed E-state index contributed by atoms with van der Waals surface area (Å²) >= 11 is 0. The van der Waals surface area contributed by atoms with Crippen LogP contribution in [0.1, 0.15) is 21.5 Å². The Morgan fingerprint density at radius 2 is 1.30 bits per heavy atom. The first kappa shape index (κ1) is 21.2. The summed E-state index contributed by atoms with van der Waals surface area (Å²) in [7, 11) is 4.63. The molecule has 0 heterocycles. The van der Waals surface area contributed by atoms with Gasteiger partial charge in [0.05, 0.1) is 21.3 Å². The lowest BCUT2D eigenvalue weighted by Crippen LogP contribution is -2.32. The van der Waals surface area contributed by atoms with Crippen molar-refractivity contribution < 1.29 is 19.0 Å². The van der Waals surface area contributed by atoms with E-state index in [1.807, 2.05) is 53.4 Å². The van der Waals surface area contributed by atoms with Crippen LogP contribution in [0.4, 0.5) is 0 Å². The quantitative estimate of drug-likeness (QED) is 0.522. The summed E-state index contributed by atoms with van der Waals surface area (Å²) in [5.74, 6) is 1.30. The van der Waals surface area contributed by atoms with Gasteiger partial charge in [-0.3, -0.25) is 4.79 Å². The van der Waals surface area contributed by atoms with Crippen LogP contribution in [0.3, 0.4) is 0 Å². The minimum atomic E-state index is -0.0889. The fourth-order valence-electron chi connectivity index (χ4n) is 3.35. The van der Waals surface area contributed by atoms with E-state index in [9.17, 15) is 4.79 Å². The molecule has 3 rings (SSSR count). The van der Waals surface area contributed by atoms with Crippen molar-refractivity contribution in [1.29, 1.82) is 0 Å². The van der Waals surface area contributed by atoms with Crippen molar-refractivity contribution in [3.05, 3.63) is 89.5 Å². The Bertz CT molecular complexity index is 932. The summed E-state index contributed by atoms with van der Waals surface area (Å²) in [6, 6.07) is 23.5. The molecule has 0 aliphatic heterocycles. The zero-order valence-corrected chi connectivity index (χ0v) is 17.6. The molecule has 0 bridgehead atoms. The van der Waals surface area contributed by atoms with E-state index in [4.69, 9.17) is 14.2 Å². The van der Waals surface area contributed by atoms with Crippen molar-refractivity contribution in [2.24, 2.45) is 0 Å². The first-order chi connectivity index (χ1) is 14.7. The van der Waals surface area contributed by atoms with Gasteiger partial charge in [0.2, 0.25) is 5.75 Å². The number of methoxy groups -OCH3 is 3. The third kappa shape index (κ3) is 5.11. The van der Waals surface area contributed by atoms with Gasteiger partial charge in [-0.2, -0.15) is 0 Å². The zero-order valence-electron chi connectivity index (χ0n) is 17.6. The number of benzene rings is 3. The Balaban J connectivity index is 1.90. The predicted octanol–water partition coefficient (Wildman–Crippen LogP) is 4.60. The van der Waals surface area contributed by atoms with E-state index in [0.29, 0.717) is 35.9 Å². The highest BCUT2D eigenvalue weighted by Crippen LogP contribution is 2.38. The molecule has 0 aliphatic carbocycles. The lowest BCUT2D eigenvalue weighted by Gasteiger charge is -2.24. The highest BCUT2D eigenvalue weighted by molar-refractivity contribution is 5.95. The maximum atomic E-state index is 13.5. The van der Waals surface area contributed by atoms with Crippen LogP contribution >= 0.6 is 0 Å². The molecule has 0 aliphatic rings. The van der Waals surface area contributed by atoms with Crippen LogP contribution in [0.5, 0.6) is 17.2 Å². The number of amides is 1. The summed E-state index contributed by atoms with van der Waals surface area (Å²) in [5, 5.41) is 0. The Hall–Kier alpha value is -3.47. The molecule has 0 saturated carbocycles. The van der Waals surface area contributed by atoms with Crippen LogP contribution in [0.2, 0.25) is 0 Å². The van der Waals surface area contributed by atoms with Gasteiger partial charge in [-0.15, -0.1) is 0 Å². The number of nitrogens with zero attached hydrogens (tertiary/aromatic N) is 1. The minimum Gasteiger partial charge on any atom is -0.493 e. The average Bonchev–Trinajstić information content (AvgIpc) is 2.81. The van der Waals surface area contributed by atoms with Gasteiger partial charge in [-0.1, -0.05) is 60.7 Å². The first-order valence-electron chi connectivity index (χ1n) is 9.83. The third-order valence-corrected chi connectivity index (χ3v) is 4.93. The van der Waals surface area contributed by atoms with Crippen molar-refractivity contribution in [3.8, 4) is 17.2 Å². The summed E-state index contributed by atoms with van der Waals surface area (Å²) in [4.78, 5) is 15.3. The van der Waals surface area contributed by atoms with E-state index in [-0.39, 0.29) is 5.91 Å². The largest absolute Gasteiger partial charge is 0.493 e. The van der Waals surface area contributed by atoms with Gasteiger partial charge >= 0.3 is 0 Å². The number of ether oxygens (including phenoxy) is 3. The lowest BCUT2D eigenvalue weighted by molar-refractivity contribution is 0.0744. The molecule has 0 aromatic heterocycles. The third-order valence-electron chi connectivity index (χ3n) is 4.93. The Morgan fingerprint density at radius 3 is 1.80 bits per heavy atom. The zero-order chi connectivity index (χ0) is 21.3. The van der Waals surface area contributed by atoms with Gasteiger partial charge in [0.25, 0.3) is 5.91 Å². The molecule has 156 valence electrons. The van der Waals surface area contributed by atoms with Crippen molar-refractivity contribution in [3.63, 3.8) is 0 Å². The molecular weight excluding hydrogens is 378 g/mol. The summed E-state index contributed by atoms with van der Waals surface area (Å²) < 4.78 is 16.2. The lowest BCUT2D eigenvalue weighted by atomic mass is 10.1. The van der Waals surface area contributed by atoms with Crippen molar-refractivity contribution >= 4 is 5.91 Å². The molecule has 5 nitrogen and oxygen atoms in total. The molecule has 30 heavy (non-hydrogen) atoms. The molecular formula is C25H27NO4. The van der Waals surface area contributed by atoms with Gasteiger partial charge in [0.1, 0.15) is 0 Å². The molecule has 0 fully saturated rings. The van der Waals surface area contributed by atoms with Gasteiger partial charge < -0.3 is 19.1 Å². The van der Waals surface area contributed by atoms with Gasteiger partial charge in [-0.25, -0.2) is 0 Å². The second-order valence-electron chi connectivity index (χ2n) is 6.86. The Kier molecular flexibility index (Phi) is 7.33. The fourth-order valence-corrected chi connectivity index (χ4v) is 3.35. The molecule has 1 amide bonds. The van der Waals surface area contributed by atoms with Gasteiger partial charge in [0.15, 0.2) is 11.5 Å². The highest BCUT2D eigenvalue weighted by Gasteiger charge is 2.21. The van der Waals surface area contributed by atoms with Crippen molar-refractivity contribution in [1.82, 2.24) is 4.90 Å². The molecule has 0 spiro atoms. The number of hydrogen-bond acceptors (Lipinski definition) is 4. The molecule has 3 aromatic rings. The topological polar surface area (TPSA) is 48.0 Å². The first-order valence-corrected chi connectivity index (χ1v) is 9.83. The van der Waals surface area contributed by atoms with E-state index in [2.05, 4.69) is 12.1 Å². The molecule has 0 radical (unpaired) electrons. The average molecular weight is 405 g/mol. The van der Waals surface area contributed by atoms with Crippen LogP contribution in [0.15, 0.2) is 72.8 Å². The second kappa shape index (κ2) is 10.3. The van der Waals surface area contributed by atoms with E-state index in [1.165, 1.54) is 5.56 Å². The van der Waals surface area contributed by atoms with E-state index in [1.54, 1.807) is 33.5 Å². The minimum absolute atomic E-state index is 0.0889. The second-order valence-corrected chi connectivity index (χ2v) is 6.86. The van der Waals surface area contributed by atoms with Crippen LogP contribution in [0.25, 0.3) is 0 Å². The number of carbonyl (C=O) groups is 1. The Labute approximate surface area is 177 Å². The van der Waals surface area contributed by atoms with E-state index < -0.39 is 0 Å². The SMILES string of the molecule is COc1cc(C(=O)N(CCc2ccccc2)Cc2ccccc2)cc(OC)c1OC. The van der Waals surface area contributed by atoms with E-state index in [0.717, 1.165) is 12.0 Å². The molecule has 0 unspecified atom stereocenters. The summed E-state index contributed by atoms with van der Waals surface area (Å²) in [6.07, 6.45) is 0.768. The number of hydrogen-bond donors (Lipinski definition) is 0. The smallest absolute Gasteiger partial charge is 0.254 e. The predicted molar refractivity (Wildman–Crippen MR) is 117 cm³/mol.